The molecule has 2 saturated heterocycles. The molecule has 0 spiro atoms. The summed E-state index contributed by atoms with van der Waals surface area (Å²) in [5.74, 6) is 5.16. The molecule has 0 bridgehead atoms. The number of ether oxygens (including phenoxy) is 3. The van der Waals surface area contributed by atoms with E-state index in [4.69, 9.17) is 36.4 Å². The molecule has 0 aliphatic carbocycles. The molecule has 3 aliphatic heterocycles. The van der Waals surface area contributed by atoms with E-state index in [0.29, 0.717) is 55.9 Å². The summed E-state index contributed by atoms with van der Waals surface area (Å²) < 4.78 is 16.8. The van der Waals surface area contributed by atoms with Crippen LogP contribution in [0.2, 0.25) is 0 Å². The van der Waals surface area contributed by atoms with E-state index in [1.807, 2.05) is 18.2 Å². The zero-order valence-electron chi connectivity index (χ0n) is 20.5. The molecule has 3 aliphatic rings. The summed E-state index contributed by atoms with van der Waals surface area (Å²) in [5, 5.41) is 6.95. The summed E-state index contributed by atoms with van der Waals surface area (Å²) >= 11 is 5.59. The van der Waals surface area contributed by atoms with Crippen LogP contribution in [0, 0.1) is 11.8 Å². The Morgan fingerprint density at radius 3 is 2.37 bits per heavy atom. The Bertz CT molecular complexity index is 1040. The number of anilines is 3. The van der Waals surface area contributed by atoms with Crippen molar-refractivity contribution < 1.29 is 14.2 Å². The van der Waals surface area contributed by atoms with Crippen LogP contribution >= 0.6 is 12.2 Å². The van der Waals surface area contributed by atoms with Crippen molar-refractivity contribution in [1.82, 2.24) is 15.3 Å². The molecule has 2 aromatic rings. The molecular weight excluding hydrogens is 464 g/mol. The summed E-state index contributed by atoms with van der Waals surface area (Å²) in [6.45, 7) is 11.4. The fourth-order valence-electron chi connectivity index (χ4n) is 4.97. The van der Waals surface area contributed by atoms with E-state index < -0.39 is 0 Å². The van der Waals surface area contributed by atoms with Crippen LogP contribution in [0.3, 0.4) is 0 Å². The predicted octanol–water partition coefficient (Wildman–Crippen LogP) is 3.05. The van der Waals surface area contributed by atoms with Crippen LogP contribution in [0.4, 0.5) is 17.6 Å². The number of nitrogens with one attached hydrogen (secondary N) is 2. The molecule has 10 heteroatoms. The first-order chi connectivity index (χ1) is 17.0. The maximum atomic E-state index is 5.68. The van der Waals surface area contributed by atoms with Crippen molar-refractivity contribution in [2.75, 3.05) is 67.7 Å². The van der Waals surface area contributed by atoms with Crippen molar-refractivity contribution in [2.24, 2.45) is 11.8 Å². The minimum absolute atomic E-state index is 0.477. The van der Waals surface area contributed by atoms with Crippen LogP contribution in [-0.2, 0) is 11.3 Å². The van der Waals surface area contributed by atoms with Gasteiger partial charge in [0.15, 0.2) is 16.6 Å². The molecule has 2 fully saturated rings. The summed E-state index contributed by atoms with van der Waals surface area (Å²) in [6.07, 6.45) is 1.25. The molecule has 0 saturated carbocycles. The Morgan fingerprint density at radius 2 is 1.63 bits per heavy atom. The highest BCUT2D eigenvalue weighted by atomic mass is 32.1. The zero-order chi connectivity index (χ0) is 24.2. The van der Waals surface area contributed by atoms with Crippen LogP contribution in [0.25, 0.3) is 0 Å². The van der Waals surface area contributed by atoms with E-state index in [9.17, 15) is 0 Å². The molecule has 5 rings (SSSR count). The maximum Gasteiger partial charge on any atom is 0.232 e. The second-order valence-electron chi connectivity index (χ2n) is 9.64. The van der Waals surface area contributed by atoms with Gasteiger partial charge in [0, 0.05) is 38.8 Å². The smallest absolute Gasteiger partial charge is 0.232 e. The van der Waals surface area contributed by atoms with Gasteiger partial charge in [-0.05, 0) is 48.2 Å². The first kappa shape index (κ1) is 23.9. The number of aromatic nitrogens is 2. The summed E-state index contributed by atoms with van der Waals surface area (Å²) in [4.78, 5) is 14.3. The van der Waals surface area contributed by atoms with Gasteiger partial charge in [-0.2, -0.15) is 9.97 Å². The van der Waals surface area contributed by atoms with E-state index in [1.165, 1.54) is 6.42 Å². The highest BCUT2D eigenvalue weighted by molar-refractivity contribution is 7.80. The van der Waals surface area contributed by atoms with Gasteiger partial charge in [-0.15, -0.1) is 0 Å². The van der Waals surface area contributed by atoms with E-state index in [2.05, 4.69) is 40.3 Å². The molecule has 35 heavy (non-hydrogen) atoms. The molecule has 0 radical (unpaired) electrons. The van der Waals surface area contributed by atoms with Gasteiger partial charge in [-0.3, -0.25) is 0 Å². The molecule has 4 heterocycles. The summed E-state index contributed by atoms with van der Waals surface area (Å²) in [7, 11) is 0. The molecule has 1 aromatic heterocycles. The molecule has 1 aromatic carbocycles. The quantitative estimate of drug-likeness (QED) is 0.600. The molecule has 2 unspecified atom stereocenters. The third-order valence-corrected chi connectivity index (χ3v) is 6.76. The van der Waals surface area contributed by atoms with Crippen LogP contribution in [-0.4, -0.2) is 67.7 Å². The van der Waals surface area contributed by atoms with Crippen molar-refractivity contribution in [1.29, 1.82) is 0 Å². The lowest BCUT2D eigenvalue weighted by Gasteiger charge is -2.36. The number of morpholine rings is 1. The number of fused-ring (bicyclic) bond motifs is 1. The van der Waals surface area contributed by atoms with E-state index in [-0.39, 0.29) is 0 Å². The van der Waals surface area contributed by atoms with Gasteiger partial charge in [0.1, 0.15) is 24.8 Å². The first-order valence-corrected chi connectivity index (χ1v) is 12.8. The van der Waals surface area contributed by atoms with Crippen molar-refractivity contribution in [3.63, 3.8) is 0 Å². The molecule has 9 nitrogen and oxygen atoms in total. The van der Waals surface area contributed by atoms with E-state index in [0.717, 1.165) is 54.9 Å². The summed E-state index contributed by atoms with van der Waals surface area (Å²) in [6, 6.07) is 8.03. The third kappa shape index (κ3) is 6.05. The number of hydrogen-bond donors (Lipinski definition) is 2. The SMILES string of the molecule is CC1CC(C)CN(c2cc(N3CCOCC3)nc(NC(=S)NCc3ccc4c(c3)OCCO4)n2)C1. The Balaban J connectivity index is 1.29. The Labute approximate surface area is 212 Å². The Kier molecular flexibility index (Phi) is 7.38. The summed E-state index contributed by atoms with van der Waals surface area (Å²) in [5.41, 5.74) is 1.05. The van der Waals surface area contributed by atoms with Gasteiger partial charge in [-0.1, -0.05) is 19.9 Å². The maximum absolute atomic E-state index is 5.68. The zero-order valence-corrected chi connectivity index (χ0v) is 21.3. The third-order valence-electron chi connectivity index (χ3n) is 6.51. The van der Waals surface area contributed by atoms with Crippen LogP contribution in [0.1, 0.15) is 25.8 Å². The average Bonchev–Trinajstić information content (AvgIpc) is 2.87. The number of hydrogen-bond acceptors (Lipinski definition) is 8. The van der Waals surface area contributed by atoms with Crippen LogP contribution in [0.15, 0.2) is 24.3 Å². The standard InChI is InChI=1S/C25H34N6O3S/c1-17-11-18(2)16-31(15-17)23-13-22(30-5-7-32-8-6-30)27-24(28-23)29-25(35)26-14-19-3-4-20-21(12-19)34-10-9-33-20/h3-4,12-13,17-18H,5-11,14-16H2,1-2H3,(H2,26,27,28,29,35). The van der Waals surface area contributed by atoms with Gasteiger partial charge in [0.05, 0.1) is 13.2 Å². The predicted molar refractivity (Wildman–Crippen MR) is 141 cm³/mol. The van der Waals surface area contributed by atoms with Crippen molar-refractivity contribution in [3.8, 4) is 11.5 Å². The molecule has 2 N–H and O–H groups in total. The number of nitrogens with zero attached hydrogens (tertiary/aromatic N) is 4. The molecule has 188 valence electrons. The average molecular weight is 499 g/mol. The van der Waals surface area contributed by atoms with Gasteiger partial charge in [-0.25, -0.2) is 0 Å². The monoisotopic (exact) mass is 498 g/mol. The van der Waals surface area contributed by atoms with E-state index >= 15 is 0 Å². The highest BCUT2D eigenvalue weighted by Gasteiger charge is 2.25. The van der Waals surface area contributed by atoms with Crippen LogP contribution in [0.5, 0.6) is 11.5 Å². The van der Waals surface area contributed by atoms with Crippen molar-refractivity contribution in [3.05, 3.63) is 29.8 Å². The Hall–Kier alpha value is -2.85. The highest BCUT2D eigenvalue weighted by Crippen LogP contribution is 2.31. The lowest BCUT2D eigenvalue weighted by molar-refractivity contribution is 0.122. The molecule has 0 amide bonds. The number of thiocarbonyl (C=S) groups is 1. The first-order valence-electron chi connectivity index (χ1n) is 12.4. The van der Waals surface area contributed by atoms with Crippen LogP contribution < -0.4 is 29.9 Å². The second-order valence-corrected chi connectivity index (χ2v) is 10.1. The van der Waals surface area contributed by atoms with Gasteiger partial charge in [0.25, 0.3) is 0 Å². The van der Waals surface area contributed by atoms with Gasteiger partial charge < -0.3 is 34.6 Å². The minimum atomic E-state index is 0.477. The normalized spacial score (nSPS) is 22.0. The fourth-order valence-corrected chi connectivity index (χ4v) is 5.13. The van der Waals surface area contributed by atoms with Crippen molar-refractivity contribution >= 4 is 34.9 Å². The van der Waals surface area contributed by atoms with Gasteiger partial charge in [0.2, 0.25) is 5.95 Å². The number of rotatable bonds is 5. The topological polar surface area (TPSA) is 84.0 Å². The lowest BCUT2D eigenvalue weighted by Crippen LogP contribution is -2.40. The van der Waals surface area contributed by atoms with Gasteiger partial charge >= 0.3 is 0 Å². The second kappa shape index (κ2) is 10.8. The number of piperidine rings is 1. The molecule has 2 atom stereocenters. The fraction of sp³-hybridized carbons (Fsp3) is 0.560. The Morgan fingerprint density at radius 1 is 0.943 bits per heavy atom. The van der Waals surface area contributed by atoms with Crippen molar-refractivity contribution in [2.45, 2.75) is 26.8 Å². The lowest BCUT2D eigenvalue weighted by atomic mass is 9.92. The number of benzene rings is 1. The van der Waals surface area contributed by atoms with E-state index in [1.54, 1.807) is 0 Å². The minimum Gasteiger partial charge on any atom is -0.486 e. The largest absolute Gasteiger partial charge is 0.486 e. The molecular formula is C25H34N6O3S.